The van der Waals surface area contributed by atoms with Crippen molar-refractivity contribution in [3.63, 3.8) is 0 Å². The number of nitrogens with one attached hydrogen (secondary N) is 1. The topological polar surface area (TPSA) is 110 Å². The van der Waals surface area contributed by atoms with Crippen molar-refractivity contribution in [3.8, 4) is 0 Å². The SMILES string of the molecule is NS(=O)(=O)NC(=O)c1cnn2ccc(N3CC[C@H](F)C3)c(F)c12. The first kappa shape index (κ1) is 15.6. The fourth-order valence-electron chi connectivity index (χ4n) is 2.56. The molecule has 0 saturated carbocycles. The van der Waals surface area contributed by atoms with E-state index >= 15 is 0 Å². The minimum atomic E-state index is -4.28. The first-order valence-corrected chi connectivity index (χ1v) is 8.20. The zero-order valence-corrected chi connectivity index (χ0v) is 12.6. The molecule has 1 atom stereocenters. The summed E-state index contributed by atoms with van der Waals surface area (Å²) in [4.78, 5) is 13.4. The van der Waals surface area contributed by atoms with Gasteiger partial charge < -0.3 is 4.90 Å². The number of nitrogens with zero attached hydrogens (tertiary/aromatic N) is 3. The molecule has 3 rings (SSSR count). The van der Waals surface area contributed by atoms with Crippen LogP contribution in [0.3, 0.4) is 0 Å². The molecule has 1 aliphatic rings. The number of alkyl halides is 1. The Labute approximate surface area is 130 Å². The Balaban J connectivity index is 2.06. The number of hydrogen-bond acceptors (Lipinski definition) is 5. The monoisotopic (exact) mass is 345 g/mol. The van der Waals surface area contributed by atoms with Crippen LogP contribution >= 0.6 is 0 Å². The van der Waals surface area contributed by atoms with E-state index in [-0.39, 0.29) is 23.3 Å². The molecule has 2 aromatic rings. The second-order valence-electron chi connectivity index (χ2n) is 5.17. The lowest BCUT2D eigenvalue weighted by atomic mass is 10.2. The van der Waals surface area contributed by atoms with E-state index in [4.69, 9.17) is 5.14 Å². The second-order valence-corrected chi connectivity index (χ2v) is 6.47. The highest BCUT2D eigenvalue weighted by atomic mass is 32.2. The number of fused-ring (bicyclic) bond motifs is 1. The van der Waals surface area contributed by atoms with Gasteiger partial charge in [0.05, 0.1) is 17.4 Å². The van der Waals surface area contributed by atoms with Gasteiger partial charge in [-0.25, -0.2) is 23.2 Å². The zero-order valence-electron chi connectivity index (χ0n) is 11.7. The molecular formula is C12H13F2N5O3S. The summed E-state index contributed by atoms with van der Waals surface area (Å²) < 4.78 is 52.6. The predicted octanol–water partition coefficient (Wildman–Crippen LogP) is -0.0451. The van der Waals surface area contributed by atoms with Crippen molar-refractivity contribution in [2.75, 3.05) is 18.0 Å². The maximum Gasteiger partial charge on any atom is 0.298 e. The third-order valence-electron chi connectivity index (χ3n) is 3.55. The van der Waals surface area contributed by atoms with Crippen LogP contribution in [0.25, 0.3) is 5.52 Å². The van der Waals surface area contributed by atoms with E-state index in [2.05, 4.69) is 5.10 Å². The summed E-state index contributed by atoms with van der Waals surface area (Å²) in [6, 6.07) is 1.43. The van der Waals surface area contributed by atoms with Crippen molar-refractivity contribution in [2.24, 2.45) is 5.14 Å². The fraction of sp³-hybridized carbons (Fsp3) is 0.333. The standard InChI is InChI=1S/C12H13F2N5O3S/c13-7-1-3-18(6-7)9-2-4-19-11(10(9)14)8(5-16-19)12(20)17-23(15,21)22/h2,4-5,7H,1,3,6H2,(H,17,20)(H2,15,21,22)/t7-/m0/s1. The molecule has 2 aromatic heterocycles. The Kier molecular flexibility index (Phi) is 3.68. The molecule has 3 heterocycles. The van der Waals surface area contributed by atoms with Gasteiger partial charge in [-0.05, 0) is 12.5 Å². The van der Waals surface area contributed by atoms with Crippen LogP contribution in [0.4, 0.5) is 14.5 Å². The summed E-state index contributed by atoms with van der Waals surface area (Å²) in [5.41, 5.74) is -0.358. The molecule has 0 radical (unpaired) electrons. The number of hydrogen-bond donors (Lipinski definition) is 2. The minimum Gasteiger partial charge on any atom is -0.366 e. The van der Waals surface area contributed by atoms with Crippen LogP contribution in [0.2, 0.25) is 0 Å². The Morgan fingerprint density at radius 3 is 2.83 bits per heavy atom. The Morgan fingerprint density at radius 1 is 1.48 bits per heavy atom. The van der Waals surface area contributed by atoms with Gasteiger partial charge in [0.2, 0.25) is 0 Å². The highest BCUT2D eigenvalue weighted by molar-refractivity contribution is 7.87. The summed E-state index contributed by atoms with van der Waals surface area (Å²) in [5, 5.41) is 8.54. The van der Waals surface area contributed by atoms with Gasteiger partial charge in [0, 0.05) is 19.3 Å². The van der Waals surface area contributed by atoms with Crippen molar-refractivity contribution < 1.29 is 22.0 Å². The van der Waals surface area contributed by atoms with Crippen molar-refractivity contribution in [3.05, 3.63) is 29.8 Å². The summed E-state index contributed by atoms with van der Waals surface area (Å²) >= 11 is 0. The number of halogens is 2. The molecule has 3 N–H and O–H groups in total. The number of rotatable bonds is 3. The number of carbonyl (C=O) groups is 1. The summed E-state index contributed by atoms with van der Waals surface area (Å²) in [6.07, 6.45) is 1.70. The number of anilines is 1. The molecule has 0 spiro atoms. The van der Waals surface area contributed by atoms with E-state index < -0.39 is 28.1 Å². The molecule has 8 nitrogen and oxygen atoms in total. The second kappa shape index (κ2) is 5.42. The largest absolute Gasteiger partial charge is 0.366 e. The highest BCUT2D eigenvalue weighted by Gasteiger charge is 2.27. The minimum absolute atomic E-state index is 0.0555. The molecule has 0 aliphatic carbocycles. The molecule has 124 valence electrons. The van der Waals surface area contributed by atoms with E-state index in [1.165, 1.54) is 17.2 Å². The van der Waals surface area contributed by atoms with Gasteiger partial charge in [0.1, 0.15) is 11.7 Å². The maximum absolute atomic E-state index is 14.7. The molecule has 1 saturated heterocycles. The normalized spacial score (nSPS) is 18.6. The lowest BCUT2D eigenvalue weighted by molar-refractivity contribution is 0.0983. The molecule has 11 heteroatoms. The van der Waals surface area contributed by atoms with E-state index in [0.29, 0.717) is 13.0 Å². The van der Waals surface area contributed by atoms with Crippen LogP contribution in [-0.4, -0.2) is 43.2 Å². The lowest BCUT2D eigenvalue weighted by Crippen LogP contribution is -2.36. The summed E-state index contributed by atoms with van der Waals surface area (Å²) in [7, 11) is -4.28. The third-order valence-corrected chi connectivity index (χ3v) is 4.02. The molecule has 1 amide bonds. The van der Waals surface area contributed by atoms with Crippen molar-refractivity contribution in [1.29, 1.82) is 0 Å². The van der Waals surface area contributed by atoms with Crippen LogP contribution in [0.1, 0.15) is 16.8 Å². The maximum atomic E-state index is 14.7. The van der Waals surface area contributed by atoms with Crippen LogP contribution in [0, 0.1) is 5.82 Å². The van der Waals surface area contributed by atoms with Crippen LogP contribution in [0.5, 0.6) is 0 Å². The molecule has 0 bridgehead atoms. The van der Waals surface area contributed by atoms with Gasteiger partial charge in [-0.15, -0.1) is 0 Å². The van der Waals surface area contributed by atoms with Crippen molar-refractivity contribution in [1.82, 2.24) is 14.3 Å². The van der Waals surface area contributed by atoms with Crippen LogP contribution in [0.15, 0.2) is 18.5 Å². The first-order chi connectivity index (χ1) is 10.8. The van der Waals surface area contributed by atoms with Crippen LogP contribution in [-0.2, 0) is 10.2 Å². The van der Waals surface area contributed by atoms with Crippen molar-refractivity contribution in [2.45, 2.75) is 12.6 Å². The van der Waals surface area contributed by atoms with E-state index in [9.17, 15) is 22.0 Å². The Morgan fingerprint density at radius 2 is 2.22 bits per heavy atom. The molecule has 1 fully saturated rings. The Bertz CT molecular complexity index is 882. The molecular weight excluding hydrogens is 332 g/mol. The van der Waals surface area contributed by atoms with E-state index in [1.54, 1.807) is 4.72 Å². The molecule has 23 heavy (non-hydrogen) atoms. The van der Waals surface area contributed by atoms with E-state index in [0.717, 1.165) is 10.7 Å². The summed E-state index contributed by atoms with van der Waals surface area (Å²) in [5.74, 6) is -1.87. The lowest BCUT2D eigenvalue weighted by Gasteiger charge is -2.18. The fourth-order valence-corrected chi connectivity index (χ4v) is 2.93. The third kappa shape index (κ3) is 2.97. The van der Waals surface area contributed by atoms with Gasteiger partial charge in [0.25, 0.3) is 16.1 Å². The summed E-state index contributed by atoms with van der Waals surface area (Å²) in [6.45, 7) is 0.404. The number of carbonyl (C=O) groups excluding carboxylic acids is 1. The average molecular weight is 345 g/mol. The zero-order chi connectivity index (χ0) is 16.8. The highest BCUT2D eigenvalue weighted by Crippen LogP contribution is 2.28. The van der Waals surface area contributed by atoms with Gasteiger partial charge in [0.15, 0.2) is 5.82 Å². The molecule has 1 aliphatic heterocycles. The Hall–Kier alpha value is -2.27. The number of aromatic nitrogens is 2. The van der Waals surface area contributed by atoms with Gasteiger partial charge in [-0.1, -0.05) is 0 Å². The van der Waals surface area contributed by atoms with E-state index in [1.807, 2.05) is 0 Å². The smallest absolute Gasteiger partial charge is 0.298 e. The number of nitrogens with two attached hydrogens (primary N) is 1. The average Bonchev–Trinajstić information content (AvgIpc) is 3.04. The number of pyridine rings is 1. The van der Waals surface area contributed by atoms with Gasteiger partial charge >= 0.3 is 0 Å². The van der Waals surface area contributed by atoms with Gasteiger partial charge in [-0.2, -0.15) is 13.5 Å². The van der Waals surface area contributed by atoms with Crippen molar-refractivity contribution >= 4 is 27.3 Å². The number of amides is 1. The molecule has 0 unspecified atom stereocenters. The predicted molar refractivity (Wildman–Crippen MR) is 77.4 cm³/mol. The quantitative estimate of drug-likeness (QED) is 0.811. The van der Waals surface area contributed by atoms with Gasteiger partial charge in [-0.3, -0.25) is 4.79 Å². The molecule has 0 aromatic carbocycles. The van der Waals surface area contributed by atoms with Crippen LogP contribution < -0.4 is 14.8 Å². The first-order valence-electron chi connectivity index (χ1n) is 6.66.